The van der Waals surface area contributed by atoms with Crippen molar-refractivity contribution in [1.29, 1.82) is 0 Å². The maximum atomic E-state index is 13.4. The highest BCUT2D eigenvalue weighted by Crippen LogP contribution is 2.41. The van der Waals surface area contributed by atoms with E-state index in [0.29, 0.717) is 17.8 Å². The molecule has 1 fully saturated rings. The van der Waals surface area contributed by atoms with Crippen LogP contribution in [0.1, 0.15) is 43.0 Å². The third-order valence-corrected chi connectivity index (χ3v) is 6.81. The van der Waals surface area contributed by atoms with E-state index in [9.17, 15) is 14.7 Å². The van der Waals surface area contributed by atoms with Crippen LogP contribution in [0.25, 0.3) is 0 Å². The number of hydrogen-bond donors (Lipinski definition) is 1. The van der Waals surface area contributed by atoms with Crippen molar-refractivity contribution in [1.82, 2.24) is 4.98 Å². The normalized spacial score (nSPS) is 18.3. The van der Waals surface area contributed by atoms with Crippen molar-refractivity contribution in [3.05, 3.63) is 102 Å². The lowest BCUT2D eigenvalue weighted by Gasteiger charge is -2.30. The Morgan fingerprint density at radius 1 is 0.886 bits per heavy atom. The monoisotopic (exact) mass is 467 g/mol. The molecule has 2 aliphatic rings. The summed E-state index contributed by atoms with van der Waals surface area (Å²) in [4.78, 5) is 34.9. The number of benzene rings is 2. The fraction of sp³-hybridized carbons (Fsp3) is 0.276. The number of piperidine rings is 1. The molecule has 3 aromatic rings. The highest BCUT2D eigenvalue weighted by atomic mass is 16.3. The second-order valence-electron chi connectivity index (χ2n) is 9.07. The SMILES string of the molecule is O=C(CCc1ccccc1)C1=C(O)C(=O)N(c2ccc(N3CCCCC3)cc2)C1c1ccccn1. The Morgan fingerprint density at radius 3 is 2.26 bits per heavy atom. The smallest absolute Gasteiger partial charge is 0.294 e. The van der Waals surface area contributed by atoms with Crippen LogP contribution in [0.4, 0.5) is 11.4 Å². The molecule has 0 spiro atoms. The molecule has 178 valence electrons. The zero-order valence-corrected chi connectivity index (χ0v) is 19.6. The van der Waals surface area contributed by atoms with Crippen molar-refractivity contribution in [3.63, 3.8) is 0 Å². The van der Waals surface area contributed by atoms with Crippen LogP contribution in [-0.2, 0) is 16.0 Å². The maximum Gasteiger partial charge on any atom is 0.294 e. The van der Waals surface area contributed by atoms with Crippen LogP contribution < -0.4 is 9.80 Å². The van der Waals surface area contributed by atoms with Crippen molar-refractivity contribution in [3.8, 4) is 0 Å². The number of rotatable bonds is 7. The van der Waals surface area contributed by atoms with E-state index < -0.39 is 17.7 Å². The number of ketones is 1. The Balaban J connectivity index is 1.45. The summed E-state index contributed by atoms with van der Waals surface area (Å²) in [6.07, 6.45) is 5.99. The van der Waals surface area contributed by atoms with Gasteiger partial charge in [0.2, 0.25) is 0 Å². The van der Waals surface area contributed by atoms with E-state index in [-0.39, 0.29) is 17.8 Å². The number of nitrogens with zero attached hydrogens (tertiary/aromatic N) is 3. The van der Waals surface area contributed by atoms with Crippen molar-refractivity contribution in [2.75, 3.05) is 22.9 Å². The van der Waals surface area contributed by atoms with Crippen molar-refractivity contribution in [2.45, 2.75) is 38.1 Å². The van der Waals surface area contributed by atoms with E-state index >= 15 is 0 Å². The molecule has 1 saturated heterocycles. The van der Waals surface area contributed by atoms with Gasteiger partial charge in [0.25, 0.3) is 5.91 Å². The van der Waals surface area contributed by atoms with Gasteiger partial charge in [-0.2, -0.15) is 0 Å². The molecule has 35 heavy (non-hydrogen) atoms. The summed E-state index contributed by atoms with van der Waals surface area (Å²) in [7, 11) is 0. The number of aryl methyl sites for hydroxylation is 1. The number of anilines is 2. The number of carbonyl (C=O) groups excluding carboxylic acids is 2. The standard InChI is InChI=1S/C29H29N3O3/c33-25(17-12-21-9-3-1-4-10-21)26-27(24-11-5-6-18-30-24)32(29(35)28(26)34)23-15-13-22(14-16-23)31-19-7-2-8-20-31/h1,3-6,9-11,13-16,18,27,34H,2,7-8,12,17,19-20H2. The Bertz CT molecular complexity index is 1220. The Kier molecular flexibility index (Phi) is 6.62. The number of aliphatic hydroxyl groups is 1. The van der Waals surface area contributed by atoms with Crippen molar-refractivity contribution < 1.29 is 14.7 Å². The number of aromatic nitrogens is 1. The van der Waals surface area contributed by atoms with Crippen LogP contribution in [-0.4, -0.2) is 34.9 Å². The van der Waals surface area contributed by atoms with E-state index in [1.807, 2.05) is 60.7 Å². The summed E-state index contributed by atoms with van der Waals surface area (Å²) in [5.41, 5.74) is 3.44. The molecular weight excluding hydrogens is 438 g/mol. The van der Waals surface area contributed by atoms with Gasteiger partial charge in [-0.3, -0.25) is 19.5 Å². The lowest BCUT2D eigenvalue weighted by atomic mass is 9.95. The molecule has 2 aromatic carbocycles. The molecule has 1 aromatic heterocycles. The fourth-order valence-electron chi connectivity index (χ4n) is 4.99. The van der Waals surface area contributed by atoms with Gasteiger partial charge < -0.3 is 10.0 Å². The molecule has 6 heteroatoms. The molecule has 0 aliphatic carbocycles. The zero-order valence-electron chi connectivity index (χ0n) is 19.6. The van der Waals surface area contributed by atoms with Gasteiger partial charge in [-0.25, -0.2) is 0 Å². The average Bonchev–Trinajstić information content (AvgIpc) is 3.19. The molecule has 1 unspecified atom stereocenters. The first-order valence-electron chi connectivity index (χ1n) is 12.2. The second-order valence-corrected chi connectivity index (χ2v) is 9.07. The molecule has 6 nitrogen and oxygen atoms in total. The topological polar surface area (TPSA) is 73.7 Å². The van der Waals surface area contributed by atoms with Gasteiger partial charge in [-0.1, -0.05) is 36.4 Å². The molecule has 0 radical (unpaired) electrons. The van der Waals surface area contributed by atoms with Crippen LogP contribution >= 0.6 is 0 Å². The van der Waals surface area contributed by atoms with Gasteiger partial charge in [0.1, 0.15) is 6.04 Å². The molecule has 3 heterocycles. The van der Waals surface area contributed by atoms with Crippen LogP contribution in [0.5, 0.6) is 0 Å². The van der Waals surface area contributed by atoms with Crippen molar-refractivity contribution in [2.24, 2.45) is 0 Å². The van der Waals surface area contributed by atoms with Gasteiger partial charge in [0.15, 0.2) is 11.5 Å². The second kappa shape index (κ2) is 10.1. The Labute approximate surface area is 205 Å². The third kappa shape index (κ3) is 4.69. The lowest BCUT2D eigenvalue weighted by molar-refractivity contribution is -0.118. The Morgan fingerprint density at radius 2 is 1.57 bits per heavy atom. The van der Waals surface area contributed by atoms with Gasteiger partial charge in [-0.15, -0.1) is 0 Å². The van der Waals surface area contributed by atoms with Crippen LogP contribution in [0.3, 0.4) is 0 Å². The highest BCUT2D eigenvalue weighted by molar-refractivity contribution is 6.16. The number of aliphatic hydroxyl groups excluding tert-OH is 1. The number of carbonyl (C=O) groups is 2. The molecule has 1 atom stereocenters. The summed E-state index contributed by atoms with van der Waals surface area (Å²) in [5, 5.41) is 10.9. The minimum absolute atomic E-state index is 0.115. The minimum atomic E-state index is -0.771. The summed E-state index contributed by atoms with van der Waals surface area (Å²) in [6, 6.07) is 22.2. The van der Waals surface area contributed by atoms with Crippen molar-refractivity contribution >= 4 is 23.1 Å². The van der Waals surface area contributed by atoms with E-state index in [4.69, 9.17) is 0 Å². The van der Waals surface area contributed by atoms with E-state index in [0.717, 1.165) is 24.3 Å². The molecular formula is C29H29N3O3. The van der Waals surface area contributed by atoms with E-state index in [2.05, 4.69) is 9.88 Å². The summed E-state index contributed by atoms with van der Waals surface area (Å²) < 4.78 is 0. The Hall–Kier alpha value is -3.93. The summed E-state index contributed by atoms with van der Waals surface area (Å²) >= 11 is 0. The van der Waals surface area contributed by atoms with E-state index in [1.54, 1.807) is 18.3 Å². The number of amides is 1. The van der Waals surface area contributed by atoms with Gasteiger partial charge in [-0.05, 0) is 67.6 Å². The largest absolute Gasteiger partial charge is 0.503 e. The lowest BCUT2D eigenvalue weighted by Crippen LogP contribution is -2.32. The quantitative estimate of drug-likeness (QED) is 0.519. The predicted molar refractivity (Wildman–Crippen MR) is 136 cm³/mol. The number of pyridine rings is 1. The van der Waals surface area contributed by atoms with Crippen LogP contribution in [0.15, 0.2) is 90.3 Å². The molecule has 0 bridgehead atoms. The first kappa shape index (κ1) is 22.8. The molecule has 2 aliphatic heterocycles. The summed E-state index contributed by atoms with van der Waals surface area (Å²) in [6.45, 7) is 2.06. The van der Waals surface area contributed by atoms with Crippen LogP contribution in [0.2, 0.25) is 0 Å². The first-order chi connectivity index (χ1) is 17.1. The highest BCUT2D eigenvalue weighted by Gasteiger charge is 2.44. The maximum absolute atomic E-state index is 13.4. The summed E-state index contributed by atoms with van der Waals surface area (Å²) in [5.74, 6) is -1.31. The third-order valence-electron chi connectivity index (χ3n) is 6.81. The fourth-order valence-corrected chi connectivity index (χ4v) is 4.99. The number of hydrogen-bond acceptors (Lipinski definition) is 5. The molecule has 5 rings (SSSR count). The zero-order chi connectivity index (χ0) is 24.2. The van der Waals surface area contributed by atoms with Gasteiger partial charge >= 0.3 is 0 Å². The number of Topliss-reactive ketones (excluding diaryl/α,β-unsaturated/α-hetero) is 1. The minimum Gasteiger partial charge on any atom is -0.503 e. The average molecular weight is 468 g/mol. The van der Waals surface area contributed by atoms with Crippen LogP contribution in [0, 0.1) is 0 Å². The predicted octanol–water partition coefficient (Wildman–Crippen LogP) is 5.17. The molecule has 1 N–H and O–H groups in total. The first-order valence-corrected chi connectivity index (χ1v) is 12.2. The van der Waals surface area contributed by atoms with Gasteiger partial charge in [0.05, 0.1) is 11.3 Å². The van der Waals surface area contributed by atoms with E-state index in [1.165, 1.54) is 24.2 Å². The molecule has 0 saturated carbocycles. The molecule has 1 amide bonds. The van der Waals surface area contributed by atoms with Gasteiger partial charge in [0, 0.05) is 37.1 Å².